The summed E-state index contributed by atoms with van der Waals surface area (Å²) in [7, 11) is 0. The third-order valence-corrected chi connectivity index (χ3v) is 4.21. The van der Waals surface area contributed by atoms with Crippen LogP contribution < -0.4 is 15.6 Å². The van der Waals surface area contributed by atoms with Crippen LogP contribution >= 0.6 is 27.7 Å². The second-order valence-corrected chi connectivity index (χ2v) is 8.37. The lowest BCUT2D eigenvalue weighted by Crippen LogP contribution is -2.48. The number of carbonyl (C=O) groups is 2. The molecule has 1 atom stereocenters. The first kappa shape index (κ1) is 18.8. The summed E-state index contributed by atoms with van der Waals surface area (Å²) in [5.74, 6) is 0.202. The van der Waals surface area contributed by atoms with E-state index < -0.39 is 12.0 Å². The van der Waals surface area contributed by atoms with Gasteiger partial charge in [0.1, 0.15) is 5.75 Å². The molecule has 122 valence electrons. The third kappa shape index (κ3) is 7.70. The molecule has 0 aromatic heterocycles. The molecule has 0 aliphatic heterocycles. The zero-order chi connectivity index (χ0) is 16.8. The molecular formula is C15H21BrN2O3S. The Morgan fingerprint density at radius 2 is 2.00 bits per heavy atom. The predicted molar refractivity (Wildman–Crippen MR) is 92.7 cm³/mol. The number of rotatable bonds is 5. The van der Waals surface area contributed by atoms with Crippen molar-refractivity contribution >= 4 is 39.5 Å². The molecule has 0 aliphatic rings. The molecule has 1 aromatic rings. The van der Waals surface area contributed by atoms with Crippen LogP contribution in [-0.2, 0) is 9.59 Å². The van der Waals surface area contributed by atoms with Crippen molar-refractivity contribution in [3.63, 3.8) is 0 Å². The van der Waals surface area contributed by atoms with Crippen molar-refractivity contribution in [2.45, 2.75) is 38.5 Å². The van der Waals surface area contributed by atoms with E-state index in [9.17, 15) is 9.59 Å². The number of hydrazine groups is 1. The van der Waals surface area contributed by atoms with Gasteiger partial charge >= 0.3 is 0 Å². The van der Waals surface area contributed by atoms with E-state index in [0.29, 0.717) is 5.75 Å². The Kier molecular flexibility index (Phi) is 7.22. The van der Waals surface area contributed by atoms with Crippen molar-refractivity contribution in [2.24, 2.45) is 0 Å². The number of thioether (sulfide) groups is 1. The second kappa shape index (κ2) is 8.43. The minimum atomic E-state index is -0.718. The molecular weight excluding hydrogens is 368 g/mol. The summed E-state index contributed by atoms with van der Waals surface area (Å²) >= 11 is 4.84. The Balaban J connectivity index is 2.37. The molecule has 22 heavy (non-hydrogen) atoms. The monoisotopic (exact) mass is 388 g/mol. The number of hydrogen-bond donors (Lipinski definition) is 2. The SMILES string of the molecule is CC(Oc1cccc(Br)c1)C(=O)NNC(=O)CSC(C)(C)C. The number of ether oxygens (including phenoxy) is 1. The van der Waals surface area contributed by atoms with Crippen LogP contribution in [0.5, 0.6) is 5.75 Å². The summed E-state index contributed by atoms with van der Waals surface area (Å²) in [4.78, 5) is 23.5. The first-order valence-electron chi connectivity index (χ1n) is 6.82. The maximum absolute atomic E-state index is 11.9. The van der Waals surface area contributed by atoms with Crippen molar-refractivity contribution < 1.29 is 14.3 Å². The van der Waals surface area contributed by atoms with E-state index in [0.717, 1.165) is 4.47 Å². The van der Waals surface area contributed by atoms with Gasteiger partial charge < -0.3 is 4.74 Å². The number of carbonyl (C=O) groups excluding carboxylic acids is 2. The molecule has 2 amide bonds. The first-order chi connectivity index (χ1) is 10.2. The topological polar surface area (TPSA) is 67.4 Å². The molecule has 0 fully saturated rings. The molecule has 7 heteroatoms. The highest BCUT2D eigenvalue weighted by Gasteiger charge is 2.17. The molecule has 0 saturated carbocycles. The standard InChI is InChI=1S/C15H21BrN2O3S/c1-10(21-12-7-5-6-11(16)8-12)14(20)18-17-13(19)9-22-15(2,3)4/h5-8,10H,9H2,1-4H3,(H,17,19)(H,18,20). The summed E-state index contributed by atoms with van der Waals surface area (Å²) in [5.41, 5.74) is 4.75. The first-order valence-corrected chi connectivity index (χ1v) is 8.60. The van der Waals surface area contributed by atoms with Gasteiger partial charge in [0.05, 0.1) is 5.75 Å². The molecule has 0 bridgehead atoms. The predicted octanol–water partition coefficient (Wildman–Crippen LogP) is 2.90. The fraction of sp³-hybridized carbons (Fsp3) is 0.467. The largest absolute Gasteiger partial charge is 0.481 e. The van der Waals surface area contributed by atoms with E-state index in [2.05, 4.69) is 26.8 Å². The number of halogens is 1. The van der Waals surface area contributed by atoms with E-state index in [1.807, 2.05) is 32.9 Å². The highest BCUT2D eigenvalue weighted by atomic mass is 79.9. The fourth-order valence-electron chi connectivity index (χ4n) is 1.35. The van der Waals surface area contributed by atoms with Gasteiger partial charge in [-0.15, -0.1) is 11.8 Å². The minimum absolute atomic E-state index is 0.00154. The number of amides is 2. The van der Waals surface area contributed by atoms with E-state index in [-0.39, 0.29) is 16.4 Å². The summed E-state index contributed by atoms with van der Waals surface area (Å²) in [5, 5.41) is 0. The lowest BCUT2D eigenvalue weighted by molar-refractivity contribution is -0.131. The second-order valence-electron chi connectivity index (χ2n) is 5.66. The van der Waals surface area contributed by atoms with Gasteiger partial charge in [-0.05, 0) is 25.1 Å². The molecule has 1 aromatic carbocycles. The quantitative estimate of drug-likeness (QED) is 0.760. The Bertz CT molecular complexity index is 532. The molecule has 0 heterocycles. The van der Waals surface area contributed by atoms with Crippen LogP contribution in [0.15, 0.2) is 28.7 Å². The lowest BCUT2D eigenvalue weighted by atomic mass is 10.3. The lowest BCUT2D eigenvalue weighted by Gasteiger charge is -2.18. The Hall–Kier alpha value is -1.21. The van der Waals surface area contributed by atoms with Crippen LogP contribution in [0.2, 0.25) is 0 Å². The normalized spacial score (nSPS) is 12.4. The highest BCUT2D eigenvalue weighted by Crippen LogP contribution is 2.22. The summed E-state index contributed by atoms with van der Waals surface area (Å²) < 4.78 is 6.37. The maximum atomic E-state index is 11.9. The van der Waals surface area contributed by atoms with Crippen molar-refractivity contribution in [1.29, 1.82) is 0 Å². The van der Waals surface area contributed by atoms with E-state index in [4.69, 9.17) is 4.74 Å². The van der Waals surface area contributed by atoms with Crippen molar-refractivity contribution in [3.05, 3.63) is 28.7 Å². The summed E-state index contributed by atoms with van der Waals surface area (Å²) in [6, 6.07) is 7.20. The number of benzene rings is 1. The van der Waals surface area contributed by atoms with Gasteiger partial charge in [-0.2, -0.15) is 0 Å². The number of hydrogen-bond acceptors (Lipinski definition) is 4. The van der Waals surface area contributed by atoms with E-state index in [1.165, 1.54) is 11.8 Å². The average Bonchev–Trinajstić information content (AvgIpc) is 2.41. The van der Waals surface area contributed by atoms with Crippen LogP contribution in [0.4, 0.5) is 0 Å². The van der Waals surface area contributed by atoms with E-state index >= 15 is 0 Å². The molecule has 1 unspecified atom stereocenters. The van der Waals surface area contributed by atoms with Crippen molar-refractivity contribution in [3.8, 4) is 5.75 Å². The van der Waals surface area contributed by atoms with E-state index in [1.54, 1.807) is 19.1 Å². The van der Waals surface area contributed by atoms with Crippen LogP contribution in [0, 0.1) is 0 Å². The van der Waals surface area contributed by atoms with Crippen LogP contribution in [0.3, 0.4) is 0 Å². The average molecular weight is 389 g/mol. The van der Waals surface area contributed by atoms with Crippen LogP contribution in [-0.4, -0.2) is 28.4 Å². The molecule has 0 radical (unpaired) electrons. The highest BCUT2D eigenvalue weighted by molar-refractivity contribution is 9.10. The van der Waals surface area contributed by atoms with Gasteiger partial charge in [0.2, 0.25) is 5.91 Å². The van der Waals surface area contributed by atoms with Crippen molar-refractivity contribution in [2.75, 3.05) is 5.75 Å². The molecule has 5 nitrogen and oxygen atoms in total. The maximum Gasteiger partial charge on any atom is 0.279 e. The molecule has 1 rings (SSSR count). The summed E-state index contributed by atoms with van der Waals surface area (Å²) in [6.07, 6.45) is -0.718. The Labute approximate surface area is 143 Å². The number of nitrogens with one attached hydrogen (secondary N) is 2. The Morgan fingerprint density at radius 3 is 2.59 bits per heavy atom. The van der Waals surface area contributed by atoms with Crippen LogP contribution in [0.1, 0.15) is 27.7 Å². The Morgan fingerprint density at radius 1 is 1.32 bits per heavy atom. The minimum Gasteiger partial charge on any atom is -0.481 e. The summed E-state index contributed by atoms with van der Waals surface area (Å²) in [6.45, 7) is 7.69. The van der Waals surface area contributed by atoms with Crippen LogP contribution in [0.25, 0.3) is 0 Å². The van der Waals surface area contributed by atoms with Gasteiger partial charge in [0.25, 0.3) is 5.91 Å². The van der Waals surface area contributed by atoms with Gasteiger partial charge in [0, 0.05) is 9.22 Å². The van der Waals surface area contributed by atoms with Gasteiger partial charge in [-0.3, -0.25) is 20.4 Å². The zero-order valence-corrected chi connectivity index (χ0v) is 15.5. The van der Waals surface area contributed by atoms with Gasteiger partial charge in [0.15, 0.2) is 6.10 Å². The molecule has 2 N–H and O–H groups in total. The molecule has 0 saturated heterocycles. The third-order valence-electron chi connectivity index (χ3n) is 2.44. The zero-order valence-electron chi connectivity index (χ0n) is 13.1. The smallest absolute Gasteiger partial charge is 0.279 e. The van der Waals surface area contributed by atoms with Gasteiger partial charge in [-0.1, -0.05) is 42.8 Å². The van der Waals surface area contributed by atoms with Gasteiger partial charge in [-0.25, -0.2) is 0 Å². The van der Waals surface area contributed by atoms with Crippen molar-refractivity contribution in [1.82, 2.24) is 10.9 Å². The fourth-order valence-corrected chi connectivity index (χ4v) is 2.36. The molecule has 0 spiro atoms. The molecule has 0 aliphatic carbocycles.